The Hall–Kier alpha value is -1.09. The van der Waals surface area contributed by atoms with Crippen LogP contribution < -0.4 is 10.2 Å². The van der Waals surface area contributed by atoms with Crippen LogP contribution in [0.4, 0.5) is 5.82 Å². The van der Waals surface area contributed by atoms with Crippen molar-refractivity contribution in [3.05, 3.63) is 23.9 Å². The maximum absolute atomic E-state index is 4.46. The Kier molecular flexibility index (Phi) is 8.41. The molecule has 0 saturated carbocycles. The fourth-order valence-electron chi connectivity index (χ4n) is 2.01. The number of anilines is 1. The highest BCUT2D eigenvalue weighted by atomic mass is 15.2. The molecular weight excluding hydrogens is 234 g/mol. The molecule has 1 aromatic rings. The minimum atomic E-state index is 0.243. The summed E-state index contributed by atoms with van der Waals surface area (Å²) in [6.45, 7) is 14.5. The van der Waals surface area contributed by atoms with Crippen molar-refractivity contribution in [1.82, 2.24) is 10.3 Å². The third-order valence-electron chi connectivity index (χ3n) is 3.30. The number of pyridine rings is 1. The molecule has 1 atom stereocenters. The summed E-state index contributed by atoms with van der Waals surface area (Å²) in [5.41, 5.74) is 1.46. The number of likely N-dealkylation sites (N-methyl/N-ethyl adjacent to an activating group) is 1. The molecule has 110 valence electrons. The van der Waals surface area contributed by atoms with E-state index < -0.39 is 0 Å². The highest BCUT2D eigenvalue weighted by Gasteiger charge is 2.32. The first-order valence-electron chi connectivity index (χ1n) is 7.49. The van der Waals surface area contributed by atoms with Gasteiger partial charge in [-0.1, -0.05) is 33.8 Å². The number of nitrogens with one attached hydrogen (secondary N) is 1. The normalized spacial score (nSPS) is 21.1. The number of hydrogen-bond acceptors (Lipinski definition) is 3. The van der Waals surface area contributed by atoms with Crippen LogP contribution in [0.25, 0.3) is 0 Å². The number of rotatable bonds is 2. The summed E-state index contributed by atoms with van der Waals surface area (Å²) in [6, 6.07) is 4.23. The summed E-state index contributed by atoms with van der Waals surface area (Å²) in [4.78, 5) is 6.80. The molecule has 3 nitrogen and oxygen atoms in total. The zero-order valence-electron chi connectivity index (χ0n) is 13.7. The van der Waals surface area contributed by atoms with E-state index >= 15 is 0 Å². The Morgan fingerprint density at radius 1 is 1.21 bits per heavy atom. The van der Waals surface area contributed by atoms with Gasteiger partial charge in [-0.3, -0.25) is 0 Å². The van der Waals surface area contributed by atoms with Crippen molar-refractivity contribution >= 4 is 5.82 Å². The predicted octanol–water partition coefficient (Wildman–Crippen LogP) is 3.63. The van der Waals surface area contributed by atoms with E-state index in [1.165, 1.54) is 12.0 Å². The SMILES string of the molecule is CC.CC.CNC1(C)CCN(c2ccc(C)cn2)C1. The third-order valence-corrected chi connectivity index (χ3v) is 3.30. The average molecular weight is 265 g/mol. The Balaban J connectivity index is 0.000000741. The van der Waals surface area contributed by atoms with Crippen LogP contribution in [0.15, 0.2) is 18.3 Å². The summed E-state index contributed by atoms with van der Waals surface area (Å²) >= 11 is 0. The second kappa shape index (κ2) is 8.92. The summed E-state index contributed by atoms with van der Waals surface area (Å²) in [7, 11) is 2.03. The fraction of sp³-hybridized carbons (Fsp3) is 0.688. The molecule has 0 spiro atoms. The first kappa shape index (κ1) is 17.9. The van der Waals surface area contributed by atoms with Gasteiger partial charge in [0.1, 0.15) is 5.82 Å². The molecule has 19 heavy (non-hydrogen) atoms. The topological polar surface area (TPSA) is 28.2 Å². The van der Waals surface area contributed by atoms with Crippen molar-refractivity contribution in [3.8, 4) is 0 Å². The molecule has 0 radical (unpaired) electrons. The van der Waals surface area contributed by atoms with E-state index in [9.17, 15) is 0 Å². The summed E-state index contributed by atoms with van der Waals surface area (Å²) in [6.07, 6.45) is 3.11. The molecule has 2 rings (SSSR count). The Bertz CT molecular complexity index is 334. The van der Waals surface area contributed by atoms with Crippen molar-refractivity contribution in [3.63, 3.8) is 0 Å². The minimum absolute atomic E-state index is 0.243. The molecule has 1 unspecified atom stereocenters. The van der Waals surface area contributed by atoms with Crippen molar-refractivity contribution in [2.75, 3.05) is 25.0 Å². The monoisotopic (exact) mass is 265 g/mol. The van der Waals surface area contributed by atoms with Crippen molar-refractivity contribution in [1.29, 1.82) is 0 Å². The summed E-state index contributed by atoms with van der Waals surface area (Å²) in [5, 5.41) is 3.38. The Morgan fingerprint density at radius 2 is 1.84 bits per heavy atom. The molecule has 1 N–H and O–H groups in total. The lowest BCUT2D eigenvalue weighted by molar-refractivity contribution is 0.428. The predicted molar refractivity (Wildman–Crippen MR) is 86.0 cm³/mol. The molecule has 0 aliphatic carbocycles. The van der Waals surface area contributed by atoms with Crippen LogP contribution in [0.3, 0.4) is 0 Å². The molecule has 2 heterocycles. The van der Waals surface area contributed by atoms with E-state index in [2.05, 4.69) is 41.2 Å². The van der Waals surface area contributed by atoms with Crippen molar-refractivity contribution in [2.24, 2.45) is 0 Å². The fourth-order valence-corrected chi connectivity index (χ4v) is 2.01. The van der Waals surface area contributed by atoms with Crippen LogP contribution in [0.5, 0.6) is 0 Å². The van der Waals surface area contributed by atoms with E-state index in [4.69, 9.17) is 0 Å². The third kappa shape index (κ3) is 5.19. The van der Waals surface area contributed by atoms with Gasteiger partial charge in [0.25, 0.3) is 0 Å². The van der Waals surface area contributed by atoms with Crippen LogP contribution >= 0.6 is 0 Å². The Morgan fingerprint density at radius 3 is 2.26 bits per heavy atom. The van der Waals surface area contributed by atoms with Crippen LogP contribution in [0, 0.1) is 6.92 Å². The maximum Gasteiger partial charge on any atom is 0.128 e. The molecule has 1 fully saturated rings. The van der Waals surface area contributed by atoms with Gasteiger partial charge in [0, 0.05) is 24.8 Å². The zero-order chi connectivity index (χ0) is 14.9. The molecule has 0 bridgehead atoms. The largest absolute Gasteiger partial charge is 0.355 e. The van der Waals surface area contributed by atoms with Crippen LogP contribution in [-0.4, -0.2) is 30.7 Å². The number of nitrogens with zero attached hydrogens (tertiary/aromatic N) is 2. The van der Waals surface area contributed by atoms with Gasteiger partial charge in [-0.2, -0.15) is 0 Å². The van der Waals surface area contributed by atoms with E-state index in [1.807, 2.05) is 40.9 Å². The number of hydrogen-bond donors (Lipinski definition) is 1. The van der Waals surface area contributed by atoms with E-state index in [-0.39, 0.29) is 5.54 Å². The lowest BCUT2D eigenvalue weighted by atomic mass is 10.0. The highest BCUT2D eigenvalue weighted by molar-refractivity contribution is 5.41. The van der Waals surface area contributed by atoms with Crippen LogP contribution in [0.2, 0.25) is 0 Å². The van der Waals surface area contributed by atoms with Gasteiger partial charge in [-0.25, -0.2) is 4.98 Å². The standard InChI is InChI=1S/C12H19N3.2C2H6/c1-10-4-5-11(14-8-10)15-7-6-12(2,9-15)13-3;2*1-2/h4-5,8,13H,6-7,9H2,1-3H3;2*1-2H3. The Labute approximate surface area is 119 Å². The molecule has 0 amide bonds. The molecule has 3 heteroatoms. The van der Waals surface area contributed by atoms with E-state index in [0.29, 0.717) is 0 Å². The summed E-state index contributed by atoms with van der Waals surface area (Å²) in [5.74, 6) is 1.10. The summed E-state index contributed by atoms with van der Waals surface area (Å²) < 4.78 is 0. The highest BCUT2D eigenvalue weighted by Crippen LogP contribution is 2.24. The van der Waals surface area contributed by atoms with Gasteiger partial charge in [0.15, 0.2) is 0 Å². The second-order valence-electron chi connectivity index (χ2n) is 4.68. The maximum atomic E-state index is 4.46. The number of aryl methyl sites for hydroxylation is 1. The minimum Gasteiger partial charge on any atom is -0.355 e. The van der Waals surface area contributed by atoms with Gasteiger partial charge in [-0.15, -0.1) is 0 Å². The molecule has 1 aliphatic heterocycles. The van der Waals surface area contributed by atoms with Gasteiger partial charge in [-0.05, 0) is 38.9 Å². The van der Waals surface area contributed by atoms with E-state index in [1.54, 1.807) is 0 Å². The van der Waals surface area contributed by atoms with Crippen LogP contribution in [0.1, 0.15) is 46.6 Å². The van der Waals surface area contributed by atoms with Gasteiger partial charge in [0.05, 0.1) is 0 Å². The van der Waals surface area contributed by atoms with Gasteiger partial charge in [0.2, 0.25) is 0 Å². The van der Waals surface area contributed by atoms with Crippen molar-refractivity contribution in [2.45, 2.75) is 53.5 Å². The molecule has 1 aliphatic rings. The average Bonchev–Trinajstić information content (AvgIpc) is 2.87. The second-order valence-corrected chi connectivity index (χ2v) is 4.68. The zero-order valence-corrected chi connectivity index (χ0v) is 13.7. The lowest BCUT2D eigenvalue weighted by Gasteiger charge is -2.24. The molecule has 1 saturated heterocycles. The van der Waals surface area contributed by atoms with E-state index in [0.717, 1.165) is 18.9 Å². The van der Waals surface area contributed by atoms with Crippen molar-refractivity contribution < 1.29 is 0 Å². The lowest BCUT2D eigenvalue weighted by Crippen LogP contribution is -2.42. The molecular formula is C16H31N3. The first-order valence-corrected chi connectivity index (χ1v) is 7.49. The quantitative estimate of drug-likeness (QED) is 0.885. The van der Waals surface area contributed by atoms with Gasteiger partial charge >= 0.3 is 0 Å². The van der Waals surface area contributed by atoms with Crippen LogP contribution in [-0.2, 0) is 0 Å². The van der Waals surface area contributed by atoms with Gasteiger partial charge < -0.3 is 10.2 Å². The first-order chi connectivity index (χ1) is 9.13. The molecule has 1 aromatic heterocycles. The smallest absolute Gasteiger partial charge is 0.128 e. The number of aromatic nitrogens is 1. The molecule has 0 aromatic carbocycles.